The van der Waals surface area contributed by atoms with Crippen molar-refractivity contribution >= 4 is 68.0 Å². The monoisotopic (exact) mass is 576 g/mol. The summed E-state index contributed by atoms with van der Waals surface area (Å²) in [5.41, 5.74) is 6.19. The Bertz CT molecular complexity index is 1350. The van der Waals surface area contributed by atoms with Crippen molar-refractivity contribution in [3.63, 3.8) is 0 Å². The van der Waals surface area contributed by atoms with Crippen LogP contribution in [0.2, 0.25) is 10.0 Å². The van der Waals surface area contributed by atoms with E-state index in [4.69, 9.17) is 35.4 Å². The summed E-state index contributed by atoms with van der Waals surface area (Å²) in [6.45, 7) is 7.31. The van der Waals surface area contributed by atoms with E-state index in [9.17, 15) is 0 Å². The minimum atomic E-state index is 0.432. The van der Waals surface area contributed by atoms with Crippen LogP contribution < -0.4 is 10.6 Å². The highest BCUT2D eigenvalue weighted by atomic mass is 79.9. The second-order valence-corrected chi connectivity index (χ2v) is 10.1. The van der Waals surface area contributed by atoms with E-state index in [0.717, 1.165) is 27.1 Å². The van der Waals surface area contributed by atoms with Gasteiger partial charge in [0, 0.05) is 6.20 Å². The fourth-order valence-electron chi connectivity index (χ4n) is 3.54. The molecule has 0 radical (unpaired) electrons. The molecule has 2 aromatic carbocycles. The van der Waals surface area contributed by atoms with Gasteiger partial charge in [0.25, 0.3) is 0 Å². The molecule has 4 aromatic rings. The molecule has 0 fully saturated rings. The highest BCUT2D eigenvalue weighted by Crippen LogP contribution is 2.26. The molecule has 0 aliphatic carbocycles. The van der Waals surface area contributed by atoms with Gasteiger partial charge in [0.05, 0.1) is 44.7 Å². The number of halogens is 3. The molecule has 2 heterocycles. The number of aromatic nitrogens is 4. The third kappa shape index (κ3) is 5.81. The lowest BCUT2D eigenvalue weighted by Gasteiger charge is -2.10. The maximum Gasteiger partial charge on any atom is 0.176 e. The SMILES string of the molecule is Cc1ccc(Cn2nc(C)c(NC(=S)Nc3nn(Cc4ccc(Cl)c(Cl)c4)cc3Br)c2C)cc1. The zero-order valence-corrected chi connectivity index (χ0v) is 22.8. The molecule has 0 atom stereocenters. The predicted octanol–water partition coefficient (Wildman–Crippen LogP) is 6.98. The predicted molar refractivity (Wildman–Crippen MR) is 147 cm³/mol. The molecular formula is C24H23BrCl2N6S. The van der Waals surface area contributed by atoms with Crippen molar-refractivity contribution in [1.29, 1.82) is 0 Å². The van der Waals surface area contributed by atoms with E-state index in [1.807, 2.05) is 36.9 Å². The Kier molecular flexibility index (Phi) is 7.62. The van der Waals surface area contributed by atoms with Gasteiger partial charge in [-0.05, 0) is 72.2 Å². The Morgan fingerprint density at radius 3 is 2.35 bits per heavy atom. The average Bonchev–Trinajstić information content (AvgIpc) is 3.25. The molecule has 0 aliphatic rings. The van der Waals surface area contributed by atoms with Crippen molar-refractivity contribution in [2.45, 2.75) is 33.9 Å². The van der Waals surface area contributed by atoms with Gasteiger partial charge >= 0.3 is 0 Å². The smallest absolute Gasteiger partial charge is 0.176 e. The third-order valence-corrected chi connectivity index (χ3v) is 6.87. The summed E-state index contributed by atoms with van der Waals surface area (Å²) in [4.78, 5) is 0. The first-order chi connectivity index (χ1) is 16.2. The summed E-state index contributed by atoms with van der Waals surface area (Å²) in [6, 6.07) is 14.0. The van der Waals surface area contributed by atoms with E-state index in [2.05, 4.69) is 68.0 Å². The van der Waals surface area contributed by atoms with Crippen LogP contribution in [0.5, 0.6) is 0 Å². The van der Waals surface area contributed by atoms with Crippen molar-refractivity contribution < 1.29 is 0 Å². The topological polar surface area (TPSA) is 59.7 Å². The highest BCUT2D eigenvalue weighted by molar-refractivity contribution is 9.10. The van der Waals surface area contributed by atoms with Gasteiger partial charge < -0.3 is 10.6 Å². The van der Waals surface area contributed by atoms with Gasteiger partial charge in [-0.2, -0.15) is 10.2 Å². The molecule has 34 heavy (non-hydrogen) atoms. The fourth-order valence-corrected chi connectivity index (χ4v) is 4.47. The molecule has 176 valence electrons. The molecule has 2 N–H and O–H groups in total. The Balaban J connectivity index is 1.43. The first kappa shape index (κ1) is 24.7. The minimum absolute atomic E-state index is 0.432. The van der Waals surface area contributed by atoms with Crippen molar-refractivity contribution in [2.24, 2.45) is 0 Å². The lowest BCUT2D eigenvalue weighted by atomic mass is 10.1. The quantitative estimate of drug-likeness (QED) is 0.242. The number of rotatable bonds is 6. The van der Waals surface area contributed by atoms with Gasteiger partial charge in [-0.15, -0.1) is 0 Å². The van der Waals surface area contributed by atoms with E-state index in [1.165, 1.54) is 11.1 Å². The van der Waals surface area contributed by atoms with Gasteiger partial charge in [0.15, 0.2) is 10.9 Å². The lowest BCUT2D eigenvalue weighted by Crippen LogP contribution is -2.20. The summed E-state index contributed by atoms with van der Waals surface area (Å²) in [6.07, 6.45) is 1.88. The summed E-state index contributed by atoms with van der Waals surface area (Å²) < 4.78 is 4.57. The van der Waals surface area contributed by atoms with Crippen LogP contribution in [-0.4, -0.2) is 24.7 Å². The minimum Gasteiger partial charge on any atom is -0.329 e. The van der Waals surface area contributed by atoms with Crippen LogP contribution in [0.15, 0.2) is 53.1 Å². The molecule has 0 aliphatic heterocycles. The number of benzene rings is 2. The Hall–Kier alpha value is -2.39. The van der Waals surface area contributed by atoms with Gasteiger partial charge in [0.1, 0.15) is 0 Å². The van der Waals surface area contributed by atoms with Crippen molar-refractivity contribution in [3.8, 4) is 0 Å². The molecule has 4 rings (SSSR count). The molecule has 0 amide bonds. The third-order valence-electron chi connectivity index (χ3n) is 5.35. The molecule has 0 bridgehead atoms. The van der Waals surface area contributed by atoms with Crippen molar-refractivity contribution in [3.05, 3.63) is 91.3 Å². The van der Waals surface area contributed by atoms with Crippen molar-refractivity contribution in [2.75, 3.05) is 10.6 Å². The molecule has 10 heteroatoms. The molecule has 0 spiro atoms. The van der Waals surface area contributed by atoms with E-state index >= 15 is 0 Å². The van der Waals surface area contributed by atoms with E-state index in [0.29, 0.717) is 34.1 Å². The summed E-state index contributed by atoms with van der Waals surface area (Å²) >= 11 is 21.2. The van der Waals surface area contributed by atoms with Crippen LogP contribution in [0, 0.1) is 20.8 Å². The number of anilines is 2. The number of aryl methyl sites for hydroxylation is 2. The normalized spacial score (nSPS) is 11.0. The number of hydrogen-bond donors (Lipinski definition) is 2. The van der Waals surface area contributed by atoms with Crippen LogP contribution in [0.4, 0.5) is 11.5 Å². The summed E-state index contributed by atoms with van der Waals surface area (Å²) in [5.74, 6) is 0.611. The second-order valence-electron chi connectivity index (χ2n) is 8.04. The Labute approximate surface area is 222 Å². The van der Waals surface area contributed by atoms with Crippen LogP contribution in [0.1, 0.15) is 28.1 Å². The van der Waals surface area contributed by atoms with Gasteiger partial charge in [-0.25, -0.2) is 0 Å². The maximum absolute atomic E-state index is 6.13. The van der Waals surface area contributed by atoms with Crippen LogP contribution in [-0.2, 0) is 13.1 Å². The second kappa shape index (κ2) is 10.5. The van der Waals surface area contributed by atoms with E-state index < -0.39 is 0 Å². The molecule has 0 saturated heterocycles. The number of nitrogens with zero attached hydrogens (tertiary/aromatic N) is 4. The Morgan fingerprint density at radius 2 is 1.65 bits per heavy atom. The molecule has 0 unspecified atom stereocenters. The van der Waals surface area contributed by atoms with E-state index in [1.54, 1.807) is 10.7 Å². The first-order valence-electron chi connectivity index (χ1n) is 10.5. The molecule has 0 saturated carbocycles. The fraction of sp³-hybridized carbons (Fsp3) is 0.208. The van der Waals surface area contributed by atoms with Crippen LogP contribution in [0.25, 0.3) is 0 Å². The number of hydrogen-bond acceptors (Lipinski definition) is 3. The lowest BCUT2D eigenvalue weighted by molar-refractivity contribution is 0.659. The standard InChI is InChI=1S/C24H23BrCl2N6S/c1-14-4-6-17(7-5-14)12-33-16(3)22(15(2)30-33)28-24(34)29-23-19(25)13-32(31-23)11-18-8-9-20(26)21(27)10-18/h4-10,13H,11-12H2,1-3H3,(H2,28,29,31,34). The van der Waals surface area contributed by atoms with Gasteiger partial charge in [0.2, 0.25) is 0 Å². The van der Waals surface area contributed by atoms with E-state index in [-0.39, 0.29) is 0 Å². The van der Waals surface area contributed by atoms with Crippen LogP contribution in [0.3, 0.4) is 0 Å². The summed E-state index contributed by atoms with van der Waals surface area (Å²) in [5, 5.41) is 17.2. The number of nitrogens with one attached hydrogen (secondary N) is 2. The molecular weight excluding hydrogens is 555 g/mol. The Morgan fingerprint density at radius 1 is 0.941 bits per heavy atom. The summed E-state index contributed by atoms with van der Waals surface area (Å²) in [7, 11) is 0. The molecule has 6 nitrogen and oxygen atoms in total. The zero-order valence-electron chi connectivity index (χ0n) is 18.9. The van der Waals surface area contributed by atoms with Gasteiger partial charge in [-0.1, -0.05) is 59.1 Å². The first-order valence-corrected chi connectivity index (χ1v) is 12.5. The van der Waals surface area contributed by atoms with Crippen LogP contribution >= 0.6 is 51.3 Å². The highest BCUT2D eigenvalue weighted by Gasteiger charge is 2.15. The average molecular weight is 578 g/mol. The largest absolute Gasteiger partial charge is 0.329 e. The van der Waals surface area contributed by atoms with Gasteiger partial charge in [-0.3, -0.25) is 9.36 Å². The number of thiocarbonyl (C=S) groups is 1. The molecule has 2 aromatic heterocycles. The van der Waals surface area contributed by atoms with Crippen molar-refractivity contribution in [1.82, 2.24) is 19.6 Å². The zero-order chi connectivity index (χ0) is 24.4. The maximum atomic E-state index is 6.13.